The van der Waals surface area contributed by atoms with Crippen LogP contribution in [0.1, 0.15) is 37.2 Å². The molecule has 1 aromatic heterocycles. The minimum atomic E-state index is 0.115. The zero-order chi connectivity index (χ0) is 13.8. The number of hydrogen-bond donors (Lipinski definition) is 1. The van der Waals surface area contributed by atoms with Crippen molar-refractivity contribution in [2.45, 2.75) is 32.7 Å². The van der Waals surface area contributed by atoms with Gasteiger partial charge in [0, 0.05) is 29.8 Å². The van der Waals surface area contributed by atoms with Crippen LogP contribution in [0.5, 0.6) is 0 Å². The van der Waals surface area contributed by atoms with Gasteiger partial charge in [0.2, 0.25) is 0 Å². The van der Waals surface area contributed by atoms with Crippen LogP contribution in [0, 0.1) is 0 Å². The third-order valence-electron chi connectivity index (χ3n) is 3.96. The Bertz CT molecular complexity index is 420. The molecule has 0 spiro atoms. The van der Waals surface area contributed by atoms with Crippen LogP contribution < -0.4 is 0 Å². The van der Waals surface area contributed by atoms with Crippen molar-refractivity contribution in [2.24, 2.45) is 0 Å². The maximum Gasteiger partial charge on any atom is 0.270 e. The monoisotopic (exact) mass is 327 g/mol. The summed E-state index contributed by atoms with van der Waals surface area (Å²) in [5.74, 6) is 0.115. The highest BCUT2D eigenvalue weighted by molar-refractivity contribution is 9.10. The summed E-state index contributed by atoms with van der Waals surface area (Å²) < 4.78 is 0.925. The van der Waals surface area contributed by atoms with Gasteiger partial charge in [-0.05, 0) is 47.9 Å². The lowest BCUT2D eigenvalue weighted by atomic mass is 10.0. The molecule has 1 fully saturated rings. The topological polar surface area (TPSA) is 39.3 Å². The first-order valence-electron chi connectivity index (χ1n) is 7.03. The Balaban J connectivity index is 1.91. The lowest BCUT2D eigenvalue weighted by molar-refractivity contribution is 0.0626. The van der Waals surface area contributed by atoms with Crippen LogP contribution in [0.2, 0.25) is 0 Å². The van der Waals surface area contributed by atoms with Gasteiger partial charge in [-0.25, -0.2) is 0 Å². The van der Waals surface area contributed by atoms with Crippen LogP contribution in [0.3, 0.4) is 0 Å². The Hall–Kier alpha value is -0.810. The number of aromatic nitrogens is 1. The van der Waals surface area contributed by atoms with Gasteiger partial charge in [-0.2, -0.15) is 0 Å². The van der Waals surface area contributed by atoms with E-state index in [9.17, 15) is 4.79 Å². The van der Waals surface area contributed by atoms with Crippen molar-refractivity contribution in [2.75, 3.05) is 26.2 Å². The Kier molecular flexibility index (Phi) is 5.05. The minimum absolute atomic E-state index is 0.115. The molecule has 1 aliphatic rings. The molecule has 5 heteroatoms. The number of carbonyl (C=O) groups is 1. The van der Waals surface area contributed by atoms with Crippen molar-refractivity contribution in [1.29, 1.82) is 0 Å². The van der Waals surface area contributed by atoms with Crippen LogP contribution in [0.4, 0.5) is 0 Å². The molecule has 0 radical (unpaired) electrons. The number of rotatable bonds is 4. The molecule has 1 aromatic rings. The second-order valence-electron chi connectivity index (χ2n) is 4.98. The third kappa shape index (κ3) is 3.39. The molecule has 2 rings (SSSR count). The molecular formula is C14H22BrN3O. The van der Waals surface area contributed by atoms with Crippen LogP contribution in [0.25, 0.3) is 0 Å². The first-order chi connectivity index (χ1) is 9.15. The summed E-state index contributed by atoms with van der Waals surface area (Å²) in [5.41, 5.74) is 0.674. The molecule has 1 aliphatic heterocycles. The van der Waals surface area contributed by atoms with Gasteiger partial charge in [0.05, 0.1) is 0 Å². The van der Waals surface area contributed by atoms with Gasteiger partial charge in [0.25, 0.3) is 5.91 Å². The molecule has 1 amide bonds. The van der Waals surface area contributed by atoms with E-state index < -0.39 is 0 Å². The second kappa shape index (κ2) is 6.57. The van der Waals surface area contributed by atoms with Crippen LogP contribution >= 0.6 is 15.9 Å². The number of H-pyrrole nitrogens is 1. The zero-order valence-electron chi connectivity index (χ0n) is 11.7. The Morgan fingerprint density at radius 3 is 2.53 bits per heavy atom. The van der Waals surface area contributed by atoms with E-state index in [0.717, 1.165) is 43.5 Å². The summed E-state index contributed by atoms with van der Waals surface area (Å²) in [6.45, 7) is 8.32. The quantitative estimate of drug-likeness (QED) is 0.923. The summed E-state index contributed by atoms with van der Waals surface area (Å²) in [6, 6.07) is 2.48. The van der Waals surface area contributed by atoms with Gasteiger partial charge in [-0.3, -0.25) is 4.79 Å². The lowest BCUT2D eigenvalue weighted by Crippen LogP contribution is -2.46. The van der Waals surface area contributed by atoms with Crippen molar-refractivity contribution in [3.63, 3.8) is 0 Å². The van der Waals surface area contributed by atoms with Crippen molar-refractivity contribution in [3.05, 3.63) is 22.4 Å². The van der Waals surface area contributed by atoms with Crippen molar-refractivity contribution in [1.82, 2.24) is 14.8 Å². The fourth-order valence-electron chi connectivity index (χ4n) is 2.84. The molecule has 0 bridgehead atoms. The molecule has 0 unspecified atom stereocenters. The van der Waals surface area contributed by atoms with Crippen molar-refractivity contribution >= 4 is 21.8 Å². The predicted octanol–water partition coefficient (Wildman–Crippen LogP) is 2.72. The maximum absolute atomic E-state index is 12.3. The van der Waals surface area contributed by atoms with E-state index >= 15 is 0 Å². The highest BCUT2D eigenvalue weighted by Crippen LogP contribution is 2.19. The predicted molar refractivity (Wildman–Crippen MR) is 80.3 cm³/mol. The van der Waals surface area contributed by atoms with E-state index in [1.807, 2.05) is 11.0 Å². The summed E-state index contributed by atoms with van der Waals surface area (Å²) in [4.78, 5) is 19.7. The van der Waals surface area contributed by atoms with E-state index in [-0.39, 0.29) is 5.91 Å². The molecule has 0 atom stereocenters. The number of piperidine rings is 1. The number of likely N-dealkylation sites (tertiary alicyclic amines) is 1. The van der Waals surface area contributed by atoms with Gasteiger partial charge in [0.1, 0.15) is 5.69 Å². The van der Waals surface area contributed by atoms with Gasteiger partial charge in [0.15, 0.2) is 0 Å². The molecule has 4 nitrogen and oxygen atoms in total. The molecule has 2 heterocycles. The summed E-state index contributed by atoms with van der Waals surface area (Å²) in [5, 5.41) is 0. The number of hydrogen-bond acceptors (Lipinski definition) is 2. The highest BCUT2D eigenvalue weighted by atomic mass is 79.9. The molecule has 106 valence electrons. The van der Waals surface area contributed by atoms with E-state index in [2.05, 4.69) is 39.7 Å². The van der Waals surface area contributed by atoms with E-state index in [1.165, 1.54) is 0 Å². The highest BCUT2D eigenvalue weighted by Gasteiger charge is 2.26. The Morgan fingerprint density at radius 1 is 1.42 bits per heavy atom. The molecule has 19 heavy (non-hydrogen) atoms. The average molecular weight is 328 g/mol. The fourth-order valence-corrected chi connectivity index (χ4v) is 3.18. The minimum Gasteiger partial charge on any atom is -0.356 e. The molecule has 0 aliphatic carbocycles. The number of nitrogens with one attached hydrogen (secondary N) is 1. The number of aromatic amines is 1. The van der Waals surface area contributed by atoms with Gasteiger partial charge in [-0.1, -0.05) is 13.8 Å². The van der Waals surface area contributed by atoms with Crippen LogP contribution in [-0.2, 0) is 0 Å². The van der Waals surface area contributed by atoms with Crippen LogP contribution in [0.15, 0.2) is 16.7 Å². The van der Waals surface area contributed by atoms with Crippen molar-refractivity contribution in [3.8, 4) is 0 Å². The average Bonchev–Trinajstić information content (AvgIpc) is 2.87. The third-order valence-corrected chi connectivity index (χ3v) is 4.42. The molecule has 0 saturated carbocycles. The van der Waals surface area contributed by atoms with Crippen molar-refractivity contribution < 1.29 is 4.79 Å². The first-order valence-corrected chi connectivity index (χ1v) is 7.82. The summed E-state index contributed by atoms with van der Waals surface area (Å²) in [6.07, 6.45) is 3.96. The SMILES string of the molecule is CCN(CC)C1CCN(C(=O)c2cc(Br)c[nH]2)CC1. The number of halogens is 1. The molecular weight excluding hydrogens is 306 g/mol. The normalized spacial score (nSPS) is 17.2. The molecule has 0 aromatic carbocycles. The van der Waals surface area contributed by atoms with E-state index in [4.69, 9.17) is 0 Å². The zero-order valence-corrected chi connectivity index (χ0v) is 13.2. The lowest BCUT2D eigenvalue weighted by Gasteiger charge is -2.37. The van der Waals surface area contributed by atoms with Gasteiger partial charge < -0.3 is 14.8 Å². The number of amides is 1. The van der Waals surface area contributed by atoms with E-state index in [0.29, 0.717) is 11.7 Å². The molecule has 1 saturated heterocycles. The summed E-state index contributed by atoms with van der Waals surface area (Å²) >= 11 is 3.36. The first kappa shape index (κ1) is 14.6. The largest absolute Gasteiger partial charge is 0.356 e. The summed E-state index contributed by atoms with van der Waals surface area (Å²) in [7, 11) is 0. The van der Waals surface area contributed by atoms with Gasteiger partial charge in [-0.15, -0.1) is 0 Å². The maximum atomic E-state index is 12.3. The second-order valence-corrected chi connectivity index (χ2v) is 5.89. The Morgan fingerprint density at radius 2 is 2.05 bits per heavy atom. The standard InChI is InChI=1S/C14H22BrN3O/c1-3-17(4-2)12-5-7-18(8-6-12)14(19)13-9-11(15)10-16-13/h9-10,12,16H,3-8H2,1-2H3. The van der Waals surface area contributed by atoms with E-state index in [1.54, 1.807) is 6.20 Å². The fraction of sp³-hybridized carbons (Fsp3) is 0.643. The number of carbonyl (C=O) groups excluding carboxylic acids is 1. The Labute approximate surface area is 123 Å². The number of nitrogens with zero attached hydrogens (tertiary/aromatic N) is 2. The van der Waals surface area contributed by atoms with Gasteiger partial charge >= 0.3 is 0 Å². The van der Waals surface area contributed by atoms with Crippen LogP contribution in [-0.4, -0.2) is 52.9 Å². The smallest absolute Gasteiger partial charge is 0.270 e. The molecule has 1 N–H and O–H groups in total.